The van der Waals surface area contributed by atoms with Crippen LogP contribution in [0.2, 0.25) is 0 Å². The molecule has 2 fully saturated rings. The number of hydrogen-bond donors (Lipinski definition) is 3. The van der Waals surface area contributed by atoms with Crippen LogP contribution in [0, 0.1) is 5.41 Å². The first-order valence-corrected chi connectivity index (χ1v) is 10.9. The third kappa shape index (κ3) is 9.13. The van der Waals surface area contributed by atoms with Gasteiger partial charge in [-0.1, -0.05) is 52.7 Å². The van der Waals surface area contributed by atoms with E-state index in [1.54, 1.807) is 0 Å². The molecule has 2 aliphatic carbocycles. The summed E-state index contributed by atoms with van der Waals surface area (Å²) < 4.78 is 9.83. The Balaban J connectivity index is 0.000000332. The fourth-order valence-electron chi connectivity index (χ4n) is 2.92. The monoisotopic (exact) mass is 348 g/mol. The van der Waals surface area contributed by atoms with Crippen molar-refractivity contribution in [3.63, 3.8) is 0 Å². The van der Waals surface area contributed by atoms with E-state index in [0.717, 1.165) is 11.2 Å². The first-order chi connectivity index (χ1) is 10.1. The summed E-state index contributed by atoms with van der Waals surface area (Å²) >= 11 is 0. The summed E-state index contributed by atoms with van der Waals surface area (Å²) in [4.78, 5) is 0. The molecule has 0 bridgehead atoms. The van der Waals surface area contributed by atoms with Crippen molar-refractivity contribution < 1.29 is 14.8 Å². The molecule has 2 aliphatic rings. The highest BCUT2D eigenvalue weighted by Gasteiger charge is 2.41. The Morgan fingerprint density at radius 3 is 1.57 bits per heavy atom. The molecule has 0 heterocycles. The molecule has 1 spiro atoms. The Kier molecular flexibility index (Phi) is 8.36. The fourth-order valence-corrected chi connectivity index (χ4v) is 3.79. The predicted octanol–water partition coefficient (Wildman–Crippen LogP) is 5.32. The zero-order valence-corrected chi connectivity index (χ0v) is 17.2. The molecule has 0 aromatic carbocycles. The van der Waals surface area contributed by atoms with Crippen LogP contribution in [0.25, 0.3) is 0 Å². The normalized spacial score (nSPS) is 23.7. The Labute approximate surface area is 145 Å². The molecule has 0 saturated heterocycles. The Morgan fingerprint density at radius 2 is 1.39 bits per heavy atom. The lowest BCUT2D eigenvalue weighted by Crippen LogP contribution is -2.27. The third-order valence-corrected chi connectivity index (χ3v) is 8.56. The van der Waals surface area contributed by atoms with Crippen molar-refractivity contribution in [3.05, 3.63) is 12.2 Å². The molecule has 0 radical (unpaired) electrons. The van der Waals surface area contributed by atoms with Gasteiger partial charge < -0.3 is 14.8 Å². The van der Waals surface area contributed by atoms with E-state index < -0.39 is 16.1 Å². The van der Waals surface area contributed by atoms with Gasteiger partial charge in [0.15, 0.2) is 5.79 Å². The SMILES string of the molecule is C=C1CC2(CCCC2)C1.CC(C)(O)O.CCS(C)(O)C(C)(C)C. The smallest absolute Gasteiger partial charge is 0.156 e. The number of rotatable bonds is 1. The molecule has 0 aromatic rings. The van der Waals surface area contributed by atoms with E-state index in [-0.39, 0.29) is 4.75 Å². The van der Waals surface area contributed by atoms with Crippen LogP contribution in [0.4, 0.5) is 0 Å². The minimum Gasteiger partial charge on any atom is -0.366 e. The quantitative estimate of drug-likeness (QED) is 0.444. The highest BCUT2D eigenvalue weighted by molar-refractivity contribution is 8.29. The van der Waals surface area contributed by atoms with Crippen LogP contribution >= 0.6 is 10.3 Å². The van der Waals surface area contributed by atoms with Gasteiger partial charge in [0, 0.05) is 4.75 Å². The van der Waals surface area contributed by atoms with Crippen molar-refractivity contribution in [1.82, 2.24) is 0 Å². The van der Waals surface area contributed by atoms with Crippen LogP contribution < -0.4 is 0 Å². The first kappa shape index (κ1) is 23.0. The van der Waals surface area contributed by atoms with Gasteiger partial charge >= 0.3 is 0 Å². The standard InChI is InChI=1S/C9H14.C7H18OS.C3H8O2/c1-8-6-9(7-8)4-2-3-5-9;1-6-9(5,8)7(2,3)4;1-3(2,4)5/h1-7H2;8H,6H2,1-5H3;4-5H,1-2H3. The number of aliphatic hydroxyl groups is 2. The lowest BCUT2D eigenvalue weighted by molar-refractivity contribution is -0.127. The zero-order chi connectivity index (χ0) is 18.5. The molecule has 0 amide bonds. The van der Waals surface area contributed by atoms with E-state index in [0.29, 0.717) is 0 Å². The molecule has 2 saturated carbocycles. The first-order valence-electron chi connectivity index (χ1n) is 8.71. The second kappa shape index (κ2) is 8.37. The molecule has 0 aromatic heterocycles. The molecule has 1 atom stereocenters. The molecular formula is C19H40O3S. The topological polar surface area (TPSA) is 60.7 Å². The van der Waals surface area contributed by atoms with Crippen LogP contribution in [0.15, 0.2) is 12.2 Å². The summed E-state index contributed by atoms with van der Waals surface area (Å²) in [5, 5.41) is 16.2. The molecule has 2 rings (SSSR count). The van der Waals surface area contributed by atoms with Gasteiger partial charge in [-0.2, -0.15) is 0 Å². The molecule has 23 heavy (non-hydrogen) atoms. The van der Waals surface area contributed by atoms with Crippen LogP contribution in [0.5, 0.6) is 0 Å². The summed E-state index contributed by atoms with van der Waals surface area (Å²) in [5.74, 6) is -0.601. The van der Waals surface area contributed by atoms with Crippen LogP contribution in [0.3, 0.4) is 0 Å². The van der Waals surface area contributed by atoms with Gasteiger partial charge in [-0.25, -0.2) is 0 Å². The Hall–Kier alpha value is -0.0300. The predicted molar refractivity (Wildman–Crippen MR) is 104 cm³/mol. The second-order valence-electron chi connectivity index (χ2n) is 8.75. The maximum Gasteiger partial charge on any atom is 0.156 e. The van der Waals surface area contributed by atoms with Crippen molar-refractivity contribution in [2.24, 2.45) is 5.41 Å². The van der Waals surface area contributed by atoms with E-state index in [1.165, 1.54) is 57.9 Å². The van der Waals surface area contributed by atoms with Gasteiger partial charge in [-0.05, 0) is 57.0 Å². The summed E-state index contributed by atoms with van der Waals surface area (Å²) in [5.41, 5.74) is 2.29. The molecule has 140 valence electrons. The summed E-state index contributed by atoms with van der Waals surface area (Å²) in [6.45, 7) is 14.9. The van der Waals surface area contributed by atoms with Gasteiger partial charge in [0.2, 0.25) is 0 Å². The zero-order valence-electron chi connectivity index (χ0n) is 16.4. The molecule has 3 nitrogen and oxygen atoms in total. The minimum absolute atomic E-state index is 0.0851. The highest BCUT2D eigenvalue weighted by Crippen LogP contribution is 2.55. The van der Waals surface area contributed by atoms with E-state index in [4.69, 9.17) is 10.2 Å². The van der Waals surface area contributed by atoms with Crippen molar-refractivity contribution in [1.29, 1.82) is 0 Å². The maximum absolute atomic E-state index is 9.74. The van der Waals surface area contributed by atoms with E-state index in [9.17, 15) is 4.55 Å². The fraction of sp³-hybridized carbons (Fsp3) is 0.895. The van der Waals surface area contributed by atoms with Crippen molar-refractivity contribution in [3.8, 4) is 0 Å². The Morgan fingerprint density at radius 1 is 1.04 bits per heavy atom. The van der Waals surface area contributed by atoms with Crippen molar-refractivity contribution in [2.45, 2.75) is 90.6 Å². The number of allylic oxidation sites excluding steroid dienone is 1. The molecule has 4 heteroatoms. The summed E-state index contributed by atoms with van der Waals surface area (Å²) in [7, 11) is -1.34. The second-order valence-corrected chi connectivity index (χ2v) is 12.6. The largest absolute Gasteiger partial charge is 0.366 e. The van der Waals surface area contributed by atoms with Crippen LogP contribution in [0.1, 0.15) is 80.1 Å². The van der Waals surface area contributed by atoms with Crippen LogP contribution in [-0.4, -0.2) is 37.3 Å². The Bertz CT molecular complexity index is 353. The van der Waals surface area contributed by atoms with Gasteiger partial charge in [-0.3, -0.25) is 0 Å². The molecule has 3 N–H and O–H groups in total. The van der Waals surface area contributed by atoms with E-state index in [1.807, 2.05) is 13.2 Å². The van der Waals surface area contributed by atoms with Gasteiger partial charge in [0.25, 0.3) is 0 Å². The minimum atomic E-state index is -1.50. The van der Waals surface area contributed by atoms with Gasteiger partial charge in [0.05, 0.1) is 0 Å². The third-order valence-electron chi connectivity index (χ3n) is 4.80. The van der Waals surface area contributed by atoms with Gasteiger partial charge in [-0.15, -0.1) is 10.3 Å². The molecule has 1 unspecified atom stereocenters. The molecule has 0 aliphatic heterocycles. The van der Waals surface area contributed by atoms with Crippen molar-refractivity contribution in [2.75, 3.05) is 12.0 Å². The van der Waals surface area contributed by atoms with Crippen LogP contribution in [-0.2, 0) is 0 Å². The highest BCUT2D eigenvalue weighted by atomic mass is 32.3. The lowest BCUT2D eigenvalue weighted by atomic mass is 9.65. The summed E-state index contributed by atoms with van der Waals surface area (Å²) in [6, 6.07) is 0. The van der Waals surface area contributed by atoms with Crippen molar-refractivity contribution >= 4 is 10.3 Å². The van der Waals surface area contributed by atoms with E-state index in [2.05, 4.69) is 27.4 Å². The average molecular weight is 349 g/mol. The average Bonchev–Trinajstić information content (AvgIpc) is 2.75. The lowest BCUT2D eigenvalue weighted by Gasteiger charge is -2.41. The van der Waals surface area contributed by atoms with Gasteiger partial charge in [0.1, 0.15) is 0 Å². The summed E-state index contributed by atoms with van der Waals surface area (Å²) in [6.07, 6.45) is 10.6. The molecular weight excluding hydrogens is 308 g/mol. The number of hydrogen-bond acceptors (Lipinski definition) is 3. The van der Waals surface area contributed by atoms with E-state index >= 15 is 0 Å². The maximum atomic E-state index is 9.74.